The second-order valence-electron chi connectivity index (χ2n) is 6.34. The van der Waals surface area contributed by atoms with Gasteiger partial charge in [0.25, 0.3) is 5.91 Å². The van der Waals surface area contributed by atoms with Gasteiger partial charge in [-0.25, -0.2) is 4.98 Å². The molecule has 0 radical (unpaired) electrons. The van der Waals surface area contributed by atoms with Gasteiger partial charge in [-0.05, 0) is 48.9 Å². The molecule has 0 aliphatic rings. The predicted octanol–water partition coefficient (Wildman–Crippen LogP) is 4.82. The van der Waals surface area contributed by atoms with Crippen molar-refractivity contribution in [1.29, 1.82) is 0 Å². The molecule has 0 saturated heterocycles. The van der Waals surface area contributed by atoms with Crippen LogP contribution in [0.3, 0.4) is 0 Å². The number of halogens is 1. The number of nitrogens with zero attached hydrogens (tertiary/aromatic N) is 2. The molecule has 0 aliphatic carbocycles. The van der Waals surface area contributed by atoms with Gasteiger partial charge in [0.2, 0.25) is 0 Å². The van der Waals surface area contributed by atoms with Gasteiger partial charge in [0.1, 0.15) is 5.82 Å². The monoisotopic (exact) mass is 379 g/mol. The van der Waals surface area contributed by atoms with Crippen LogP contribution in [0.15, 0.2) is 71.3 Å². The van der Waals surface area contributed by atoms with Gasteiger partial charge in [0.15, 0.2) is 5.76 Å². The molecule has 0 unspecified atom stereocenters. The highest BCUT2D eigenvalue weighted by atomic mass is 35.5. The van der Waals surface area contributed by atoms with Crippen molar-refractivity contribution in [3.63, 3.8) is 0 Å². The van der Waals surface area contributed by atoms with Crippen molar-refractivity contribution in [2.75, 3.05) is 0 Å². The van der Waals surface area contributed by atoms with Crippen LogP contribution in [0, 0.1) is 0 Å². The molecule has 5 nitrogen and oxygen atoms in total. The number of amides is 1. The Morgan fingerprint density at radius 2 is 1.93 bits per heavy atom. The smallest absolute Gasteiger partial charge is 0.287 e. The summed E-state index contributed by atoms with van der Waals surface area (Å²) >= 11 is 6.00. The van der Waals surface area contributed by atoms with E-state index in [1.54, 1.807) is 12.1 Å². The third-order valence-electron chi connectivity index (χ3n) is 4.42. The third kappa shape index (κ3) is 3.59. The number of rotatable bonds is 5. The molecule has 0 spiro atoms. The van der Waals surface area contributed by atoms with Gasteiger partial charge in [-0.15, -0.1) is 0 Å². The van der Waals surface area contributed by atoms with Crippen LogP contribution in [0.25, 0.3) is 11.0 Å². The summed E-state index contributed by atoms with van der Waals surface area (Å²) in [6.07, 6.45) is 1.48. The molecule has 2 aromatic heterocycles. The number of imidazole rings is 1. The first-order valence-electron chi connectivity index (χ1n) is 8.66. The average molecular weight is 380 g/mol. The molecule has 0 saturated carbocycles. The quantitative estimate of drug-likeness (QED) is 0.540. The fourth-order valence-electron chi connectivity index (χ4n) is 3.10. The first kappa shape index (κ1) is 17.4. The molecule has 1 atom stereocenters. The molecule has 6 heteroatoms. The summed E-state index contributed by atoms with van der Waals surface area (Å²) in [6.45, 7) is 2.55. The van der Waals surface area contributed by atoms with Gasteiger partial charge in [0.05, 0.1) is 23.3 Å². The normalized spacial score (nSPS) is 12.2. The summed E-state index contributed by atoms with van der Waals surface area (Å²) in [5, 5.41) is 3.66. The Balaban J connectivity index is 1.68. The second-order valence-corrected chi connectivity index (χ2v) is 6.78. The molecule has 1 amide bonds. The Kier molecular flexibility index (Phi) is 4.69. The van der Waals surface area contributed by atoms with Gasteiger partial charge in [-0.3, -0.25) is 4.79 Å². The Labute approximate surface area is 161 Å². The number of carbonyl (C=O) groups is 1. The van der Waals surface area contributed by atoms with Crippen LogP contribution in [0.1, 0.15) is 34.9 Å². The highest BCUT2D eigenvalue weighted by Gasteiger charge is 2.20. The van der Waals surface area contributed by atoms with E-state index in [4.69, 9.17) is 21.0 Å². The zero-order chi connectivity index (χ0) is 18.8. The lowest BCUT2D eigenvalue weighted by atomic mass is 10.2. The van der Waals surface area contributed by atoms with Crippen LogP contribution < -0.4 is 5.32 Å². The van der Waals surface area contributed by atoms with Gasteiger partial charge in [-0.1, -0.05) is 35.9 Å². The highest BCUT2D eigenvalue weighted by molar-refractivity contribution is 6.30. The summed E-state index contributed by atoms with van der Waals surface area (Å²) < 4.78 is 7.29. The fraction of sp³-hybridized carbons (Fsp3) is 0.143. The van der Waals surface area contributed by atoms with Gasteiger partial charge >= 0.3 is 0 Å². The Hall–Kier alpha value is -3.05. The molecule has 2 aromatic carbocycles. The minimum absolute atomic E-state index is 0.266. The summed E-state index contributed by atoms with van der Waals surface area (Å²) in [5.74, 6) is 0.797. The lowest BCUT2D eigenvalue weighted by Crippen LogP contribution is -2.28. The number of hydrogen-bond donors (Lipinski definition) is 1. The van der Waals surface area contributed by atoms with E-state index < -0.39 is 0 Å². The van der Waals surface area contributed by atoms with E-state index in [1.165, 1.54) is 6.26 Å². The van der Waals surface area contributed by atoms with Crippen molar-refractivity contribution in [2.24, 2.45) is 0 Å². The first-order chi connectivity index (χ1) is 13.1. The minimum Gasteiger partial charge on any atom is -0.459 e. The summed E-state index contributed by atoms with van der Waals surface area (Å²) in [4.78, 5) is 17.1. The van der Waals surface area contributed by atoms with Crippen LogP contribution in [0.2, 0.25) is 5.02 Å². The predicted molar refractivity (Wildman–Crippen MR) is 105 cm³/mol. The van der Waals surface area contributed by atoms with E-state index in [1.807, 2.05) is 55.5 Å². The maximum absolute atomic E-state index is 12.4. The molecular weight excluding hydrogens is 362 g/mol. The molecule has 27 heavy (non-hydrogen) atoms. The van der Waals surface area contributed by atoms with E-state index in [0.29, 0.717) is 11.6 Å². The van der Waals surface area contributed by atoms with Crippen molar-refractivity contribution in [1.82, 2.24) is 14.9 Å². The van der Waals surface area contributed by atoms with Gasteiger partial charge in [0, 0.05) is 11.6 Å². The molecule has 4 aromatic rings. The SMILES string of the molecule is C[C@@H](NC(=O)c1ccco1)c1nc2ccccc2n1Cc1ccc(Cl)cc1. The van der Waals surface area contributed by atoms with E-state index in [2.05, 4.69) is 9.88 Å². The molecule has 136 valence electrons. The number of aromatic nitrogens is 2. The molecule has 1 N–H and O–H groups in total. The largest absolute Gasteiger partial charge is 0.459 e. The van der Waals surface area contributed by atoms with Gasteiger partial charge in [-0.2, -0.15) is 0 Å². The number of carbonyl (C=O) groups excluding carboxylic acids is 1. The maximum atomic E-state index is 12.4. The molecule has 0 fully saturated rings. The number of benzene rings is 2. The lowest BCUT2D eigenvalue weighted by Gasteiger charge is -2.16. The lowest BCUT2D eigenvalue weighted by molar-refractivity contribution is 0.0909. The Morgan fingerprint density at radius 3 is 2.67 bits per heavy atom. The van der Waals surface area contributed by atoms with Crippen molar-refractivity contribution in [3.8, 4) is 0 Å². The van der Waals surface area contributed by atoms with Crippen LogP contribution in [-0.2, 0) is 6.54 Å². The average Bonchev–Trinajstić information content (AvgIpc) is 3.32. The molecule has 2 heterocycles. The summed E-state index contributed by atoms with van der Waals surface area (Å²) in [6, 6.07) is 18.7. The number of fused-ring (bicyclic) bond motifs is 1. The van der Waals surface area contributed by atoms with E-state index in [9.17, 15) is 4.79 Å². The summed E-state index contributed by atoms with van der Waals surface area (Å²) in [7, 11) is 0. The molecule has 0 aliphatic heterocycles. The zero-order valence-corrected chi connectivity index (χ0v) is 15.5. The van der Waals surface area contributed by atoms with Crippen molar-refractivity contribution >= 4 is 28.5 Å². The minimum atomic E-state index is -0.290. The number of nitrogens with one attached hydrogen (secondary N) is 1. The Morgan fingerprint density at radius 1 is 1.15 bits per heavy atom. The molecular formula is C21H18ClN3O2. The summed E-state index contributed by atoms with van der Waals surface area (Å²) in [5.41, 5.74) is 3.01. The van der Waals surface area contributed by atoms with E-state index >= 15 is 0 Å². The van der Waals surface area contributed by atoms with E-state index in [-0.39, 0.29) is 17.7 Å². The molecule has 0 bridgehead atoms. The fourth-order valence-corrected chi connectivity index (χ4v) is 3.23. The molecule has 4 rings (SSSR count). The van der Waals surface area contributed by atoms with E-state index in [0.717, 1.165) is 22.4 Å². The number of hydrogen-bond acceptors (Lipinski definition) is 3. The topological polar surface area (TPSA) is 60.1 Å². The Bertz CT molecular complexity index is 1070. The number of furan rings is 1. The van der Waals surface area contributed by atoms with Crippen LogP contribution in [-0.4, -0.2) is 15.5 Å². The zero-order valence-electron chi connectivity index (χ0n) is 14.7. The van der Waals surface area contributed by atoms with Gasteiger partial charge < -0.3 is 14.3 Å². The van der Waals surface area contributed by atoms with Crippen molar-refractivity contribution < 1.29 is 9.21 Å². The first-order valence-corrected chi connectivity index (χ1v) is 9.03. The third-order valence-corrected chi connectivity index (χ3v) is 4.67. The standard InChI is InChI=1S/C21H18ClN3O2/c1-14(23-21(26)19-7-4-12-27-19)20-24-17-5-2-3-6-18(17)25(20)13-15-8-10-16(22)11-9-15/h2-12,14H,13H2,1H3,(H,23,26)/t14-/m1/s1. The number of para-hydroxylation sites is 2. The van der Waals surface area contributed by atoms with Crippen molar-refractivity contribution in [3.05, 3.63) is 89.1 Å². The highest BCUT2D eigenvalue weighted by Crippen LogP contribution is 2.23. The van der Waals surface area contributed by atoms with Crippen molar-refractivity contribution in [2.45, 2.75) is 19.5 Å². The van der Waals surface area contributed by atoms with Crippen LogP contribution >= 0.6 is 11.6 Å². The maximum Gasteiger partial charge on any atom is 0.287 e. The van der Waals surface area contributed by atoms with Crippen LogP contribution in [0.5, 0.6) is 0 Å². The van der Waals surface area contributed by atoms with Crippen LogP contribution in [0.4, 0.5) is 0 Å². The second kappa shape index (κ2) is 7.29.